The number of alkyl halides is 1. The van der Waals surface area contributed by atoms with Crippen LogP contribution in [0.3, 0.4) is 0 Å². The lowest BCUT2D eigenvalue weighted by Crippen LogP contribution is -1.97. The van der Waals surface area contributed by atoms with Crippen LogP contribution in [0.5, 0.6) is 17.2 Å². The number of fused-ring (bicyclic) bond motifs is 1. The summed E-state index contributed by atoms with van der Waals surface area (Å²) in [6, 6.07) is 21.2. The van der Waals surface area contributed by atoms with Gasteiger partial charge in [0.15, 0.2) is 0 Å². The van der Waals surface area contributed by atoms with Gasteiger partial charge in [-0.3, -0.25) is 0 Å². The third-order valence-corrected chi connectivity index (χ3v) is 4.49. The van der Waals surface area contributed by atoms with Crippen molar-refractivity contribution in [2.24, 2.45) is 0 Å². The van der Waals surface area contributed by atoms with E-state index in [1.807, 2.05) is 48.5 Å². The van der Waals surface area contributed by atoms with Gasteiger partial charge in [-0.1, -0.05) is 0 Å². The molecule has 0 saturated heterocycles. The van der Waals surface area contributed by atoms with Crippen molar-refractivity contribution in [1.82, 2.24) is 0 Å². The van der Waals surface area contributed by atoms with Gasteiger partial charge in [-0.25, -0.2) is 4.39 Å². The molecule has 0 N–H and O–H groups in total. The first-order valence-corrected chi connectivity index (χ1v) is 9.51. The average molecular weight is 397 g/mol. The van der Waals surface area contributed by atoms with Crippen LogP contribution >= 0.6 is 11.6 Å². The summed E-state index contributed by atoms with van der Waals surface area (Å²) in [7, 11) is 0. The van der Waals surface area contributed by atoms with Crippen LogP contribution in [0, 0.1) is 5.82 Å². The fraction of sp³-hybridized carbons (Fsp3) is 0.130. The quantitative estimate of drug-likeness (QED) is 0.248. The minimum Gasteiger partial charge on any atom is -0.494 e. The van der Waals surface area contributed by atoms with Crippen molar-refractivity contribution >= 4 is 22.6 Å². The van der Waals surface area contributed by atoms with Crippen LogP contribution in [0.25, 0.3) is 22.3 Å². The van der Waals surface area contributed by atoms with E-state index in [1.54, 1.807) is 12.1 Å². The van der Waals surface area contributed by atoms with Crippen LogP contribution in [-0.4, -0.2) is 12.5 Å². The zero-order chi connectivity index (χ0) is 19.3. The predicted molar refractivity (Wildman–Crippen MR) is 109 cm³/mol. The third-order valence-electron chi connectivity index (χ3n) is 4.22. The highest BCUT2D eigenvalue weighted by atomic mass is 35.5. The monoisotopic (exact) mass is 396 g/mol. The molecule has 28 heavy (non-hydrogen) atoms. The lowest BCUT2D eigenvalue weighted by molar-refractivity contribution is 0.318. The van der Waals surface area contributed by atoms with E-state index < -0.39 is 0 Å². The molecule has 1 aromatic heterocycles. The van der Waals surface area contributed by atoms with Crippen molar-refractivity contribution in [3.05, 3.63) is 78.6 Å². The Morgan fingerprint density at radius 2 is 1.54 bits per heavy atom. The number of hydrogen-bond acceptors (Lipinski definition) is 3. The lowest BCUT2D eigenvalue weighted by Gasteiger charge is -2.05. The summed E-state index contributed by atoms with van der Waals surface area (Å²) in [5.74, 6) is 3.10. The van der Waals surface area contributed by atoms with Gasteiger partial charge < -0.3 is 13.9 Å². The molecule has 0 radical (unpaired) electrons. The van der Waals surface area contributed by atoms with E-state index in [0.29, 0.717) is 24.0 Å². The molecule has 0 aliphatic carbocycles. The van der Waals surface area contributed by atoms with Crippen molar-refractivity contribution < 1.29 is 18.3 Å². The largest absolute Gasteiger partial charge is 0.494 e. The van der Waals surface area contributed by atoms with Crippen LogP contribution < -0.4 is 9.47 Å². The molecule has 0 bridgehead atoms. The smallest absolute Gasteiger partial charge is 0.135 e. The molecular formula is C23H18ClFO3. The Morgan fingerprint density at radius 1 is 0.821 bits per heavy atom. The van der Waals surface area contributed by atoms with Gasteiger partial charge in [0.05, 0.1) is 6.61 Å². The van der Waals surface area contributed by atoms with Gasteiger partial charge in [-0.2, -0.15) is 0 Å². The summed E-state index contributed by atoms with van der Waals surface area (Å²) in [4.78, 5) is 0. The molecule has 0 unspecified atom stereocenters. The molecule has 1 heterocycles. The van der Waals surface area contributed by atoms with Gasteiger partial charge in [0.1, 0.15) is 34.4 Å². The Balaban J connectivity index is 1.52. The number of halogens is 2. The molecule has 0 amide bonds. The molecule has 5 heteroatoms. The fourth-order valence-electron chi connectivity index (χ4n) is 2.83. The topological polar surface area (TPSA) is 31.6 Å². The van der Waals surface area contributed by atoms with Crippen LogP contribution in [0.15, 0.2) is 77.2 Å². The summed E-state index contributed by atoms with van der Waals surface area (Å²) < 4.78 is 30.4. The predicted octanol–water partition coefficient (Wildman–Crippen LogP) is 7.04. The highest BCUT2D eigenvalue weighted by Crippen LogP contribution is 2.32. The lowest BCUT2D eigenvalue weighted by atomic mass is 10.1. The molecule has 0 aliphatic heterocycles. The Labute approximate surface area is 167 Å². The highest BCUT2D eigenvalue weighted by molar-refractivity contribution is 6.17. The molecule has 0 atom stereocenters. The Hall–Kier alpha value is -2.98. The Kier molecular flexibility index (Phi) is 5.49. The molecule has 142 valence electrons. The average Bonchev–Trinajstić information content (AvgIpc) is 3.14. The van der Waals surface area contributed by atoms with Gasteiger partial charge in [0, 0.05) is 16.8 Å². The van der Waals surface area contributed by atoms with E-state index in [1.165, 1.54) is 12.1 Å². The van der Waals surface area contributed by atoms with Gasteiger partial charge in [-0.15, -0.1) is 11.6 Å². The van der Waals surface area contributed by atoms with E-state index in [4.69, 9.17) is 25.5 Å². The van der Waals surface area contributed by atoms with Gasteiger partial charge >= 0.3 is 0 Å². The first kappa shape index (κ1) is 18.4. The third kappa shape index (κ3) is 4.29. The zero-order valence-corrected chi connectivity index (χ0v) is 15.8. The number of ether oxygens (including phenoxy) is 2. The molecule has 4 rings (SSSR count). The summed E-state index contributed by atoms with van der Waals surface area (Å²) in [5.41, 5.74) is 1.73. The minimum atomic E-state index is -0.294. The Morgan fingerprint density at radius 3 is 2.29 bits per heavy atom. The van der Waals surface area contributed by atoms with E-state index in [-0.39, 0.29) is 5.82 Å². The normalized spacial score (nSPS) is 10.9. The van der Waals surface area contributed by atoms with E-state index in [2.05, 4.69) is 0 Å². The van der Waals surface area contributed by atoms with Crippen molar-refractivity contribution in [1.29, 1.82) is 0 Å². The van der Waals surface area contributed by atoms with Crippen LogP contribution in [0.4, 0.5) is 4.39 Å². The van der Waals surface area contributed by atoms with Crippen molar-refractivity contribution in [3.63, 3.8) is 0 Å². The minimum absolute atomic E-state index is 0.294. The van der Waals surface area contributed by atoms with E-state index >= 15 is 0 Å². The fourth-order valence-corrected chi connectivity index (χ4v) is 2.94. The molecule has 4 aromatic rings. The number of hydrogen-bond donors (Lipinski definition) is 0. The SMILES string of the molecule is Fc1ccc(Oc2ccc3oc(-c4ccc(OCCCCl)cc4)cc3c2)cc1. The molecule has 0 aliphatic rings. The van der Waals surface area contributed by atoms with E-state index in [0.717, 1.165) is 34.5 Å². The summed E-state index contributed by atoms with van der Waals surface area (Å²) in [6.07, 6.45) is 0.815. The maximum atomic E-state index is 13.0. The second-order valence-corrected chi connectivity index (χ2v) is 6.66. The van der Waals surface area contributed by atoms with Crippen LogP contribution in [0.1, 0.15) is 6.42 Å². The van der Waals surface area contributed by atoms with Crippen LogP contribution in [0.2, 0.25) is 0 Å². The Bertz CT molecular complexity index is 1060. The maximum Gasteiger partial charge on any atom is 0.135 e. The summed E-state index contributed by atoms with van der Waals surface area (Å²) in [6.45, 7) is 0.602. The van der Waals surface area contributed by atoms with Gasteiger partial charge in [0.25, 0.3) is 0 Å². The number of rotatable bonds is 7. The zero-order valence-electron chi connectivity index (χ0n) is 15.0. The molecular weight excluding hydrogens is 379 g/mol. The summed E-state index contributed by atoms with van der Waals surface area (Å²) in [5, 5.41) is 0.928. The maximum absolute atomic E-state index is 13.0. The van der Waals surface area contributed by atoms with Crippen molar-refractivity contribution in [2.75, 3.05) is 12.5 Å². The molecule has 3 aromatic carbocycles. The van der Waals surface area contributed by atoms with Gasteiger partial charge in [-0.05, 0) is 79.2 Å². The van der Waals surface area contributed by atoms with Gasteiger partial charge in [0.2, 0.25) is 0 Å². The standard InChI is InChI=1S/C23H18ClFO3/c24-12-1-13-26-19-6-2-16(3-7-19)23-15-17-14-21(10-11-22(17)28-23)27-20-8-4-18(25)5-9-20/h2-11,14-15H,1,12-13H2. The molecule has 0 spiro atoms. The number of benzene rings is 3. The highest BCUT2D eigenvalue weighted by Gasteiger charge is 2.08. The van der Waals surface area contributed by atoms with Crippen LogP contribution in [-0.2, 0) is 0 Å². The van der Waals surface area contributed by atoms with E-state index in [9.17, 15) is 4.39 Å². The second-order valence-electron chi connectivity index (χ2n) is 6.28. The van der Waals surface area contributed by atoms with Crippen molar-refractivity contribution in [3.8, 4) is 28.6 Å². The molecule has 0 saturated carbocycles. The molecule has 3 nitrogen and oxygen atoms in total. The van der Waals surface area contributed by atoms with Crippen molar-refractivity contribution in [2.45, 2.75) is 6.42 Å². The first-order chi connectivity index (χ1) is 13.7. The molecule has 0 fully saturated rings. The number of furan rings is 1. The second kappa shape index (κ2) is 8.36. The first-order valence-electron chi connectivity index (χ1n) is 8.97. The summed E-state index contributed by atoms with van der Waals surface area (Å²) >= 11 is 5.66.